The molecule has 1 aromatic carbocycles. The number of amides is 1. The molecule has 0 fully saturated rings. The van der Waals surface area contributed by atoms with E-state index in [0.29, 0.717) is 20.7 Å². The van der Waals surface area contributed by atoms with E-state index in [0.717, 1.165) is 0 Å². The number of benzene rings is 1. The number of carbonyl (C=O) groups excluding carboxylic acids is 1. The Labute approximate surface area is 117 Å². The summed E-state index contributed by atoms with van der Waals surface area (Å²) in [6.45, 7) is 0. The average molecular weight is 327 g/mol. The zero-order valence-electron chi connectivity index (χ0n) is 9.15. The fourth-order valence-electron chi connectivity index (χ4n) is 1.40. The third-order valence-electron chi connectivity index (χ3n) is 2.28. The van der Waals surface area contributed by atoms with Gasteiger partial charge in [0.1, 0.15) is 5.82 Å². The molecule has 1 amide bonds. The number of anilines is 2. The van der Waals surface area contributed by atoms with E-state index in [1.54, 1.807) is 30.3 Å². The molecule has 0 unspecified atom stereocenters. The highest BCUT2D eigenvalue weighted by molar-refractivity contribution is 9.10. The summed E-state index contributed by atoms with van der Waals surface area (Å²) in [5.74, 6) is -0.142. The molecule has 4 nitrogen and oxygen atoms in total. The first-order chi connectivity index (χ1) is 8.59. The number of pyridine rings is 1. The second-order valence-corrected chi connectivity index (χ2v) is 4.69. The Balaban J connectivity index is 2.27. The van der Waals surface area contributed by atoms with Crippen molar-refractivity contribution in [3.63, 3.8) is 0 Å². The summed E-state index contributed by atoms with van der Waals surface area (Å²) in [5.41, 5.74) is 6.54. The molecule has 3 N–H and O–H groups in total. The summed E-state index contributed by atoms with van der Waals surface area (Å²) in [6.07, 6.45) is 1.53. The van der Waals surface area contributed by atoms with Gasteiger partial charge in [-0.25, -0.2) is 4.98 Å². The molecule has 0 saturated carbocycles. The van der Waals surface area contributed by atoms with Crippen LogP contribution in [0.5, 0.6) is 0 Å². The van der Waals surface area contributed by atoms with E-state index >= 15 is 0 Å². The van der Waals surface area contributed by atoms with Crippen molar-refractivity contribution in [3.05, 3.63) is 51.6 Å². The quantitative estimate of drug-likeness (QED) is 0.889. The molecule has 2 rings (SSSR count). The first-order valence-electron chi connectivity index (χ1n) is 5.05. The summed E-state index contributed by atoms with van der Waals surface area (Å²) >= 11 is 9.25. The van der Waals surface area contributed by atoms with Crippen molar-refractivity contribution in [2.24, 2.45) is 0 Å². The molecule has 0 radical (unpaired) electrons. The van der Waals surface area contributed by atoms with Gasteiger partial charge in [-0.15, -0.1) is 0 Å². The highest BCUT2D eigenvalue weighted by atomic mass is 79.9. The monoisotopic (exact) mass is 325 g/mol. The molecule has 1 aromatic heterocycles. The summed E-state index contributed by atoms with van der Waals surface area (Å²) in [6, 6.07) is 8.46. The first kappa shape index (κ1) is 12.9. The number of nitrogens with one attached hydrogen (secondary N) is 1. The molecule has 92 valence electrons. The Kier molecular flexibility index (Phi) is 3.84. The van der Waals surface area contributed by atoms with Gasteiger partial charge in [0.25, 0.3) is 5.91 Å². The third kappa shape index (κ3) is 2.63. The largest absolute Gasteiger partial charge is 0.383 e. The van der Waals surface area contributed by atoms with Crippen molar-refractivity contribution < 1.29 is 4.79 Å². The maximum Gasteiger partial charge on any atom is 0.259 e. The fraction of sp³-hybridized carbons (Fsp3) is 0. The lowest BCUT2D eigenvalue weighted by molar-refractivity contribution is 0.102. The molecule has 6 heteroatoms. The molecule has 0 aliphatic rings. The van der Waals surface area contributed by atoms with E-state index in [9.17, 15) is 4.79 Å². The van der Waals surface area contributed by atoms with Gasteiger partial charge in [0, 0.05) is 6.20 Å². The average Bonchev–Trinajstić information content (AvgIpc) is 2.35. The van der Waals surface area contributed by atoms with Crippen molar-refractivity contribution in [3.8, 4) is 0 Å². The number of hydrogen-bond acceptors (Lipinski definition) is 3. The number of aromatic nitrogens is 1. The van der Waals surface area contributed by atoms with E-state index in [1.807, 2.05) is 0 Å². The molecule has 0 spiro atoms. The van der Waals surface area contributed by atoms with Crippen LogP contribution in [0.25, 0.3) is 0 Å². The summed E-state index contributed by atoms with van der Waals surface area (Å²) in [5, 5.41) is 3.24. The van der Waals surface area contributed by atoms with E-state index in [1.165, 1.54) is 6.20 Å². The minimum Gasteiger partial charge on any atom is -0.383 e. The molecule has 0 bridgehead atoms. The van der Waals surface area contributed by atoms with Crippen LogP contribution in [0.4, 0.5) is 11.5 Å². The number of nitrogen functional groups attached to an aromatic ring is 1. The van der Waals surface area contributed by atoms with E-state index < -0.39 is 0 Å². The smallest absolute Gasteiger partial charge is 0.259 e. The minimum atomic E-state index is -0.330. The molecule has 0 aliphatic heterocycles. The van der Waals surface area contributed by atoms with Gasteiger partial charge in [0.05, 0.1) is 20.7 Å². The summed E-state index contributed by atoms with van der Waals surface area (Å²) < 4.78 is 0.627. The lowest BCUT2D eigenvalue weighted by Gasteiger charge is -2.09. The highest BCUT2D eigenvalue weighted by Gasteiger charge is 2.12. The van der Waals surface area contributed by atoms with Crippen molar-refractivity contribution in [1.29, 1.82) is 0 Å². The predicted molar refractivity (Wildman–Crippen MR) is 75.8 cm³/mol. The van der Waals surface area contributed by atoms with Crippen LogP contribution in [-0.2, 0) is 0 Å². The first-order valence-corrected chi connectivity index (χ1v) is 6.22. The Hall–Kier alpha value is -1.59. The van der Waals surface area contributed by atoms with Gasteiger partial charge in [-0.3, -0.25) is 4.79 Å². The van der Waals surface area contributed by atoms with Crippen LogP contribution < -0.4 is 11.1 Å². The van der Waals surface area contributed by atoms with Crippen LogP contribution in [-0.4, -0.2) is 10.9 Å². The molecule has 18 heavy (non-hydrogen) atoms. The van der Waals surface area contributed by atoms with Gasteiger partial charge in [0.15, 0.2) is 0 Å². The lowest BCUT2D eigenvalue weighted by atomic mass is 10.2. The molecule has 0 atom stereocenters. The van der Waals surface area contributed by atoms with Gasteiger partial charge in [-0.05, 0) is 40.2 Å². The number of hydrogen-bond donors (Lipinski definition) is 2. The van der Waals surface area contributed by atoms with Gasteiger partial charge in [-0.1, -0.05) is 17.7 Å². The summed E-state index contributed by atoms with van der Waals surface area (Å²) in [4.78, 5) is 15.9. The molecule has 1 heterocycles. The molecular weight excluding hydrogens is 318 g/mol. The summed E-state index contributed by atoms with van der Waals surface area (Å²) in [7, 11) is 0. The van der Waals surface area contributed by atoms with Gasteiger partial charge in [-0.2, -0.15) is 0 Å². The van der Waals surface area contributed by atoms with E-state index in [2.05, 4.69) is 26.2 Å². The van der Waals surface area contributed by atoms with Crippen LogP contribution >= 0.6 is 27.5 Å². The Morgan fingerprint density at radius 2 is 2.11 bits per heavy atom. The fourth-order valence-corrected chi connectivity index (χ4v) is 1.94. The van der Waals surface area contributed by atoms with Crippen LogP contribution in [0.1, 0.15) is 10.4 Å². The SMILES string of the molecule is Nc1ncccc1C(=O)Nc1cccc(Cl)c1Br. The van der Waals surface area contributed by atoms with Crippen molar-refractivity contribution in [2.45, 2.75) is 0 Å². The second kappa shape index (κ2) is 5.37. The Morgan fingerprint density at radius 1 is 1.33 bits per heavy atom. The maximum atomic E-state index is 12.0. The molecule has 0 saturated heterocycles. The van der Waals surface area contributed by atoms with Crippen molar-refractivity contribution >= 4 is 44.9 Å². The van der Waals surface area contributed by atoms with E-state index in [4.69, 9.17) is 17.3 Å². The minimum absolute atomic E-state index is 0.188. The zero-order chi connectivity index (χ0) is 13.1. The number of nitrogens with two attached hydrogens (primary N) is 1. The van der Waals surface area contributed by atoms with Gasteiger partial charge < -0.3 is 11.1 Å². The normalized spacial score (nSPS) is 10.1. The van der Waals surface area contributed by atoms with Crippen LogP contribution in [0.3, 0.4) is 0 Å². The maximum absolute atomic E-state index is 12.0. The van der Waals surface area contributed by atoms with Crippen LogP contribution in [0.15, 0.2) is 41.0 Å². The number of carbonyl (C=O) groups is 1. The topological polar surface area (TPSA) is 68.0 Å². The Bertz CT molecular complexity index is 604. The van der Waals surface area contributed by atoms with Crippen molar-refractivity contribution in [1.82, 2.24) is 4.98 Å². The standard InChI is InChI=1S/C12H9BrClN3O/c13-10-8(14)4-1-5-9(10)17-12(18)7-3-2-6-16-11(7)15/h1-6H,(H2,15,16)(H,17,18). The van der Waals surface area contributed by atoms with Crippen LogP contribution in [0.2, 0.25) is 5.02 Å². The Morgan fingerprint density at radius 3 is 2.83 bits per heavy atom. The molecular formula is C12H9BrClN3O. The third-order valence-corrected chi connectivity index (χ3v) is 3.68. The lowest BCUT2D eigenvalue weighted by Crippen LogP contribution is -2.15. The second-order valence-electron chi connectivity index (χ2n) is 3.49. The molecule has 0 aliphatic carbocycles. The van der Waals surface area contributed by atoms with E-state index in [-0.39, 0.29) is 11.7 Å². The zero-order valence-corrected chi connectivity index (χ0v) is 11.5. The number of halogens is 2. The van der Waals surface area contributed by atoms with Gasteiger partial charge in [0.2, 0.25) is 0 Å². The highest BCUT2D eigenvalue weighted by Crippen LogP contribution is 2.30. The predicted octanol–water partition coefficient (Wildman–Crippen LogP) is 3.33. The number of nitrogens with zero attached hydrogens (tertiary/aromatic N) is 1. The van der Waals surface area contributed by atoms with Crippen LogP contribution in [0, 0.1) is 0 Å². The molecule has 2 aromatic rings. The number of rotatable bonds is 2. The van der Waals surface area contributed by atoms with Gasteiger partial charge >= 0.3 is 0 Å². The van der Waals surface area contributed by atoms with Crippen molar-refractivity contribution in [2.75, 3.05) is 11.1 Å².